The summed E-state index contributed by atoms with van der Waals surface area (Å²) in [5.41, 5.74) is 4.90. The molecular weight excluding hydrogens is 180 g/mol. The molecule has 0 aliphatic heterocycles. The van der Waals surface area contributed by atoms with Gasteiger partial charge in [0.2, 0.25) is 11.0 Å². The Bertz CT molecular complexity index is 274. The normalized spacial score (nSPS) is 9.42. The van der Waals surface area contributed by atoms with E-state index in [1.54, 1.807) is 0 Å². The van der Waals surface area contributed by atoms with Crippen molar-refractivity contribution in [3.05, 3.63) is 0 Å². The van der Waals surface area contributed by atoms with Crippen LogP contribution in [0.3, 0.4) is 0 Å². The Morgan fingerprint density at radius 3 is 3.08 bits per heavy atom. The molecule has 66 valence electrons. The predicted octanol–water partition coefficient (Wildman–Crippen LogP) is -0.556. The highest BCUT2D eigenvalue weighted by Gasteiger charge is 2.02. The molecule has 0 bridgehead atoms. The van der Waals surface area contributed by atoms with Crippen molar-refractivity contribution in [2.75, 3.05) is 19.0 Å². The third-order valence-corrected chi connectivity index (χ3v) is 1.66. The largest absolute Gasteiger partial charge is 0.466 e. The van der Waals surface area contributed by atoms with E-state index < -0.39 is 5.91 Å². The highest BCUT2D eigenvalue weighted by atomic mass is 32.1. The molecule has 1 aromatic heterocycles. The van der Waals surface area contributed by atoms with Crippen molar-refractivity contribution >= 4 is 22.6 Å². The van der Waals surface area contributed by atoms with Gasteiger partial charge in [-0.2, -0.15) is 4.98 Å². The molecule has 1 amide bonds. The molecule has 0 aromatic carbocycles. The molecular formula is C5H8N4O2S. The molecule has 12 heavy (non-hydrogen) atoms. The average Bonchev–Trinajstić information content (AvgIpc) is 2.48. The van der Waals surface area contributed by atoms with Crippen molar-refractivity contribution in [2.24, 2.45) is 5.73 Å². The Morgan fingerprint density at radius 2 is 2.58 bits per heavy atom. The third kappa shape index (κ3) is 2.35. The van der Waals surface area contributed by atoms with Crippen LogP contribution in [0.25, 0.3) is 0 Å². The Labute approximate surface area is 72.9 Å². The molecule has 7 heteroatoms. The van der Waals surface area contributed by atoms with E-state index in [-0.39, 0.29) is 12.6 Å². The number of methoxy groups -OCH3 is 1. The summed E-state index contributed by atoms with van der Waals surface area (Å²) in [5, 5.41) is 3.21. The molecule has 0 atom stereocenters. The monoisotopic (exact) mass is 188 g/mol. The van der Waals surface area contributed by atoms with Crippen molar-refractivity contribution in [2.45, 2.75) is 0 Å². The molecule has 0 saturated carbocycles. The number of aromatic nitrogens is 2. The van der Waals surface area contributed by atoms with E-state index in [9.17, 15) is 4.79 Å². The standard InChI is InChI=1S/C5H8N4O2S/c1-11-4-8-5(12-9-4)7-2-3(6)10/h2H2,1H3,(H2,6,10)(H,7,8,9). The Kier molecular flexibility index (Phi) is 2.81. The lowest BCUT2D eigenvalue weighted by molar-refractivity contribution is -0.116. The van der Waals surface area contributed by atoms with Crippen molar-refractivity contribution in [1.82, 2.24) is 9.36 Å². The summed E-state index contributed by atoms with van der Waals surface area (Å²) in [6.45, 7) is 0.0539. The van der Waals surface area contributed by atoms with Gasteiger partial charge in [0.1, 0.15) is 0 Å². The molecule has 0 aliphatic rings. The summed E-state index contributed by atoms with van der Waals surface area (Å²) in [5.74, 6) is -0.441. The molecule has 0 spiro atoms. The van der Waals surface area contributed by atoms with E-state index in [1.165, 1.54) is 7.11 Å². The maximum atomic E-state index is 10.3. The lowest BCUT2D eigenvalue weighted by atomic mass is 10.6. The van der Waals surface area contributed by atoms with Crippen LogP contribution < -0.4 is 15.8 Å². The highest BCUT2D eigenvalue weighted by Crippen LogP contribution is 2.14. The van der Waals surface area contributed by atoms with Crippen LogP contribution in [0.15, 0.2) is 0 Å². The Hall–Kier alpha value is -1.37. The minimum atomic E-state index is -0.441. The zero-order valence-electron chi connectivity index (χ0n) is 6.40. The van der Waals surface area contributed by atoms with Gasteiger partial charge in [0.25, 0.3) is 0 Å². The van der Waals surface area contributed by atoms with Gasteiger partial charge >= 0.3 is 6.01 Å². The van der Waals surface area contributed by atoms with Crippen LogP contribution in [0.4, 0.5) is 5.13 Å². The Balaban J connectivity index is 2.47. The second kappa shape index (κ2) is 3.86. The molecule has 0 radical (unpaired) electrons. The third-order valence-electron chi connectivity index (χ3n) is 1.00. The van der Waals surface area contributed by atoms with Gasteiger partial charge in [-0.15, -0.1) is 4.37 Å². The van der Waals surface area contributed by atoms with Crippen LogP contribution in [0.2, 0.25) is 0 Å². The zero-order valence-corrected chi connectivity index (χ0v) is 7.22. The van der Waals surface area contributed by atoms with Gasteiger partial charge in [-0.05, 0) is 0 Å². The van der Waals surface area contributed by atoms with E-state index in [0.717, 1.165) is 11.5 Å². The Morgan fingerprint density at radius 1 is 1.83 bits per heavy atom. The predicted molar refractivity (Wildman–Crippen MR) is 44.1 cm³/mol. The van der Waals surface area contributed by atoms with Crippen molar-refractivity contribution in [3.8, 4) is 6.01 Å². The molecule has 1 aromatic rings. The van der Waals surface area contributed by atoms with Crippen LogP contribution in [-0.4, -0.2) is 28.9 Å². The topological polar surface area (TPSA) is 90.1 Å². The average molecular weight is 188 g/mol. The quantitative estimate of drug-likeness (QED) is 0.661. The molecule has 3 N–H and O–H groups in total. The lowest BCUT2D eigenvalue weighted by Gasteiger charge is -1.94. The number of ether oxygens (including phenoxy) is 1. The lowest BCUT2D eigenvalue weighted by Crippen LogP contribution is -2.21. The number of nitrogens with two attached hydrogens (primary N) is 1. The number of nitrogens with zero attached hydrogens (tertiary/aromatic N) is 2. The van der Waals surface area contributed by atoms with E-state index in [2.05, 4.69) is 14.7 Å². The number of rotatable bonds is 4. The molecule has 1 rings (SSSR count). The van der Waals surface area contributed by atoms with Gasteiger partial charge in [-0.25, -0.2) is 0 Å². The van der Waals surface area contributed by atoms with Crippen LogP contribution in [0, 0.1) is 0 Å². The van der Waals surface area contributed by atoms with Crippen molar-refractivity contribution in [3.63, 3.8) is 0 Å². The summed E-state index contributed by atoms with van der Waals surface area (Å²) in [6, 6.07) is 0.284. The molecule has 1 heterocycles. The maximum absolute atomic E-state index is 10.3. The first-order valence-corrected chi connectivity index (χ1v) is 3.89. The fourth-order valence-electron chi connectivity index (χ4n) is 0.527. The first-order chi connectivity index (χ1) is 5.72. The van der Waals surface area contributed by atoms with Crippen LogP contribution >= 0.6 is 11.5 Å². The minimum Gasteiger partial charge on any atom is -0.466 e. The van der Waals surface area contributed by atoms with Gasteiger partial charge in [0, 0.05) is 11.5 Å². The number of anilines is 1. The van der Waals surface area contributed by atoms with Gasteiger partial charge in [0.15, 0.2) is 0 Å². The summed E-state index contributed by atoms with van der Waals surface area (Å²) < 4.78 is 8.54. The van der Waals surface area contributed by atoms with Gasteiger partial charge in [0.05, 0.1) is 13.7 Å². The molecule has 6 nitrogen and oxygen atoms in total. The van der Waals surface area contributed by atoms with E-state index in [4.69, 9.17) is 10.5 Å². The molecule has 0 saturated heterocycles. The molecule has 0 aliphatic carbocycles. The van der Waals surface area contributed by atoms with Crippen LogP contribution in [0.1, 0.15) is 0 Å². The fraction of sp³-hybridized carbons (Fsp3) is 0.400. The number of carbonyl (C=O) groups is 1. The minimum absolute atomic E-state index is 0.0539. The van der Waals surface area contributed by atoms with Crippen molar-refractivity contribution in [1.29, 1.82) is 0 Å². The van der Waals surface area contributed by atoms with Gasteiger partial charge in [-0.1, -0.05) is 0 Å². The van der Waals surface area contributed by atoms with Crippen molar-refractivity contribution < 1.29 is 9.53 Å². The molecule has 0 fully saturated rings. The number of nitrogens with one attached hydrogen (secondary N) is 1. The number of primary amides is 1. The van der Waals surface area contributed by atoms with Crippen LogP contribution in [-0.2, 0) is 4.79 Å². The first kappa shape index (κ1) is 8.72. The number of hydrogen-bond donors (Lipinski definition) is 2. The van der Waals surface area contributed by atoms with Gasteiger partial charge < -0.3 is 15.8 Å². The summed E-state index contributed by atoms with van der Waals surface area (Å²) in [4.78, 5) is 14.2. The maximum Gasteiger partial charge on any atom is 0.329 e. The summed E-state index contributed by atoms with van der Waals surface area (Å²) in [7, 11) is 1.47. The van der Waals surface area contributed by atoms with E-state index >= 15 is 0 Å². The van der Waals surface area contributed by atoms with E-state index in [0.29, 0.717) is 5.13 Å². The van der Waals surface area contributed by atoms with E-state index in [1.807, 2.05) is 0 Å². The summed E-state index contributed by atoms with van der Waals surface area (Å²) in [6.07, 6.45) is 0. The smallest absolute Gasteiger partial charge is 0.329 e. The second-order valence-corrected chi connectivity index (χ2v) is 2.66. The number of hydrogen-bond acceptors (Lipinski definition) is 6. The van der Waals surface area contributed by atoms with Crippen LogP contribution in [0.5, 0.6) is 6.01 Å². The van der Waals surface area contributed by atoms with Gasteiger partial charge in [-0.3, -0.25) is 4.79 Å². The SMILES string of the molecule is COc1nsc(NCC(N)=O)n1. The first-order valence-electron chi connectivity index (χ1n) is 3.12. The zero-order chi connectivity index (χ0) is 8.97. The second-order valence-electron chi connectivity index (χ2n) is 1.91. The summed E-state index contributed by atoms with van der Waals surface area (Å²) >= 11 is 1.11. The molecule has 0 unspecified atom stereocenters. The number of amides is 1. The fourth-order valence-corrected chi connectivity index (χ4v) is 1.06. The highest BCUT2D eigenvalue weighted by molar-refractivity contribution is 7.09. The number of carbonyl (C=O) groups excluding carboxylic acids is 1.